The Morgan fingerprint density at radius 1 is 0.955 bits per heavy atom. The van der Waals surface area contributed by atoms with Crippen molar-refractivity contribution in [1.82, 2.24) is 4.98 Å². The number of benzene rings is 2. The van der Waals surface area contributed by atoms with Gasteiger partial charge in [0.1, 0.15) is 0 Å². The fourth-order valence-electron chi connectivity index (χ4n) is 2.83. The van der Waals surface area contributed by atoms with E-state index < -0.39 is 0 Å². The molecule has 2 aromatic carbocycles. The predicted molar refractivity (Wildman–Crippen MR) is 95.7 cm³/mol. The van der Waals surface area contributed by atoms with Gasteiger partial charge in [-0.2, -0.15) is 0 Å². The zero-order valence-electron chi connectivity index (χ0n) is 12.2. The molecule has 0 atom stereocenters. The Labute approximate surface area is 140 Å². The van der Waals surface area contributed by atoms with Crippen molar-refractivity contribution in [3.8, 4) is 11.3 Å². The van der Waals surface area contributed by atoms with Crippen LogP contribution in [0.5, 0.6) is 0 Å². The molecule has 0 amide bonds. The number of nitrogens with two attached hydrogens (primary N) is 1. The second-order valence-electron chi connectivity index (χ2n) is 5.37. The predicted octanol–water partition coefficient (Wildman–Crippen LogP) is 5.42. The minimum atomic E-state index is 0.575. The van der Waals surface area contributed by atoms with Crippen molar-refractivity contribution in [3.63, 3.8) is 0 Å². The molecule has 4 heteroatoms. The largest absolute Gasteiger partial charge is 0.354 e. The standard InChI is InChI=1S/C18H18Cl2N2/c19-15-9-5-8-14(17(15)20)18-13(7-3-4-11-21)12-6-1-2-10-16(12)22-18/h1-2,5-6,8-10,22H,3-4,7,11,21H2. The topological polar surface area (TPSA) is 41.8 Å². The van der Waals surface area contributed by atoms with E-state index in [-0.39, 0.29) is 0 Å². The van der Waals surface area contributed by atoms with Crippen LogP contribution in [0.1, 0.15) is 18.4 Å². The Morgan fingerprint density at radius 3 is 2.59 bits per heavy atom. The maximum atomic E-state index is 6.42. The Balaban J connectivity index is 2.15. The summed E-state index contributed by atoms with van der Waals surface area (Å²) in [4.78, 5) is 3.50. The Hall–Kier alpha value is -1.48. The summed E-state index contributed by atoms with van der Waals surface area (Å²) in [6.07, 6.45) is 3.05. The molecule has 0 aliphatic rings. The molecule has 2 nitrogen and oxygen atoms in total. The Bertz CT molecular complexity index is 793. The molecule has 114 valence electrons. The summed E-state index contributed by atoms with van der Waals surface area (Å²) >= 11 is 12.6. The van der Waals surface area contributed by atoms with E-state index in [0.717, 1.165) is 42.6 Å². The number of nitrogens with one attached hydrogen (secondary N) is 1. The molecule has 0 saturated heterocycles. The van der Waals surface area contributed by atoms with E-state index in [1.165, 1.54) is 10.9 Å². The number of para-hydroxylation sites is 1. The van der Waals surface area contributed by atoms with Crippen molar-refractivity contribution in [1.29, 1.82) is 0 Å². The third-order valence-corrected chi connectivity index (χ3v) is 4.73. The molecule has 1 heterocycles. The summed E-state index contributed by atoms with van der Waals surface area (Å²) in [7, 11) is 0. The molecule has 22 heavy (non-hydrogen) atoms. The third kappa shape index (κ3) is 2.87. The van der Waals surface area contributed by atoms with E-state index in [0.29, 0.717) is 10.0 Å². The van der Waals surface area contributed by atoms with Gasteiger partial charge >= 0.3 is 0 Å². The lowest BCUT2D eigenvalue weighted by atomic mass is 10.0. The van der Waals surface area contributed by atoms with E-state index in [1.54, 1.807) is 0 Å². The van der Waals surface area contributed by atoms with Crippen molar-refractivity contribution in [2.45, 2.75) is 19.3 Å². The average Bonchev–Trinajstić information content (AvgIpc) is 2.89. The number of hydrogen-bond acceptors (Lipinski definition) is 1. The molecule has 0 bridgehead atoms. The summed E-state index contributed by atoms with van der Waals surface area (Å²) in [6.45, 7) is 0.718. The number of unbranched alkanes of at least 4 members (excludes halogenated alkanes) is 1. The fraction of sp³-hybridized carbons (Fsp3) is 0.222. The van der Waals surface area contributed by atoms with Crippen molar-refractivity contribution >= 4 is 34.1 Å². The molecule has 0 unspecified atom stereocenters. The van der Waals surface area contributed by atoms with Gasteiger partial charge in [-0.3, -0.25) is 0 Å². The highest BCUT2D eigenvalue weighted by Crippen LogP contribution is 2.38. The smallest absolute Gasteiger partial charge is 0.0685 e. The Morgan fingerprint density at radius 2 is 1.77 bits per heavy atom. The number of aryl methyl sites for hydroxylation is 1. The van der Waals surface area contributed by atoms with Crippen LogP contribution in [0.4, 0.5) is 0 Å². The zero-order valence-corrected chi connectivity index (χ0v) is 13.7. The van der Waals surface area contributed by atoms with Gasteiger partial charge in [-0.15, -0.1) is 0 Å². The number of aromatic nitrogens is 1. The van der Waals surface area contributed by atoms with E-state index in [4.69, 9.17) is 28.9 Å². The molecule has 3 N–H and O–H groups in total. The van der Waals surface area contributed by atoms with Gasteiger partial charge in [0.05, 0.1) is 15.7 Å². The normalized spacial score (nSPS) is 11.2. The maximum absolute atomic E-state index is 6.42. The first-order valence-corrected chi connectivity index (χ1v) is 8.22. The zero-order chi connectivity index (χ0) is 15.5. The minimum Gasteiger partial charge on any atom is -0.354 e. The molecule has 0 aliphatic carbocycles. The van der Waals surface area contributed by atoms with Gasteiger partial charge in [-0.1, -0.05) is 53.5 Å². The first kappa shape index (κ1) is 15.4. The number of H-pyrrole nitrogens is 1. The summed E-state index contributed by atoms with van der Waals surface area (Å²) in [5.41, 5.74) is 10.0. The first-order chi connectivity index (χ1) is 10.7. The van der Waals surface area contributed by atoms with Crippen LogP contribution in [0.15, 0.2) is 42.5 Å². The van der Waals surface area contributed by atoms with Crippen molar-refractivity contribution in [2.75, 3.05) is 6.54 Å². The van der Waals surface area contributed by atoms with Crippen molar-refractivity contribution in [3.05, 3.63) is 58.1 Å². The lowest BCUT2D eigenvalue weighted by molar-refractivity contribution is 0.748. The average molecular weight is 333 g/mol. The molecule has 0 aliphatic heterocycles. The van der Waals surface area contributed by atoms with Gasteiger partial charge < -0.3 is 10.7 Å². The van der Waals surface area contributed by atoms with Crippen LogP contribution in [0.25, 0.3) is 22.2 Å². The number of fused-ring (bicyclic) bond motifs is 1. The molecule has 0 fully saturated rings. The van der Waals surface area contributed by atoms with Crippen molar-refractivity contribution in [2.24, 2.45) is 5.73 Å². The molecule has 0 saturated carbocycles. The number of aromatic amines is 1. The number of halogens is 2. The number of rotatable bonds is 5. The van der Waals surface area contributed by atoms with Gasteiger partial charge in [-0.25, -0.2) is 0 Å². The number of hydrogen-bond donors (Lipinski definition) is 2. The van der Waals surface area contributed by atoms with Gasteiger partial charge in [0.15, 0.2) is 0 Å². The van der Waals surface area contributed by atoms with E-state index in [2.05, 4.69) is 23.2 Å². The molecule has 3 aromatic rings. The molecule has 0 spiro atoms. The monoisotopic (exact) mass is 332 g/mol. The third-order valence-electron chi connectivity index (χ3n) is 3.92. The molecule has 1 aromatic heterocycles. The minimum absolute atomic E-state index is 0.575. The highest BCUT2D eigenvalue weighted by atomic mass is 35.5. The van der Waals surface area contributed by atoms with E-state index >= 15 is 0 Å². The van der Waals surface area contributed by atoms with Crippen LogP contribution in [0.2, 0.25) is 10.0 Å². The summed E-state index contributed by atoms with van der Waals surface area (Å²) in [5, 5.41) is 2.41. The quantitative estimate of drug-likeness (QED) is 0.601. The second kappa shape index (κ2) is 6.74. The summed E-state index contributed by atoms with van der Waals surface area (Å²) in [5.74, 6) is 0. The van der Waals surface area contributed by atoms with Gasteiger partial charge in [0, 0.05) is 16.5 Å². The van der Waals surface area contributed by atoms with Crippen LogP contribution < -0.4 is 5.73 Å². The van der Waals surface area contributed by atoms with Crippen LogP contribution in [-0.2, 0) is 6.42 Å². The van der Waals surface area contributed by atoms with Crippen molar-refractivity contribution < 1.29 is 0 Å². The van der Waals surface area contributed by atoms with Crippen LogP contribution in [-0.4, -0.2) is 11.5 Å². The highest BCUT2D eigenvalue weighted by Gasteiger charge is 2.16. The lowest BCUT2D eigenvalue weighted by Crippen LogP contribution is -1.99. The molecular weight excluding hydrogens is 315 g/mol. The molecular formula is C18H18Cl2N2. The highest BCUT2D eigenvalue weighted by molar-refractivity contribution is 6.43. The molecule has 3 rings (SSSR count). The van der Waals surface area contributed by atoms with Gasteiger partial charge in [-0.05, 0) is 43.5 Å². The van der Waals surface area contributed by atoms with Crippen LogP contribution in [0, 0.1) is 0 Å². The van der Waals surface area contributed by atoms with Gasteiger partial charge in [0.25, 0.3) is 0 Å². The maximum Gasteiger partial charge on any atom is 0.0685 e. The summed E-state index contributed by atoms with van der Waals surface area (Å²) < 4.78 is 0. The second-order valence-corrected chi connectivity index (χ2v) is 6.16. The SMILES string of the molecule is NCCCCc1c(-c2cccc(Cl)c2Cl)[nH]c2ccccc12. The molecule has 0 radical (unpaired) electrons. The summed E-state index contributed by atoms with van der Waals surface area (Å²) in [6, 6.07) is 14.1. The first-order valence-electron chi connectivity index (χ1n) is 7.46. The van der Waals surface area contributed by atoms with Gasteiger partial charge in [0.2, 0.25) is 0 Å². The fourth-order valence-corrected chi connectivity index (χ4v) is 3.23. The Kier molecular flexibility index (Phi) is 4.72. The van der Waals surface area contributed by atoms with E-state index in [9.17, 15) is 0 Å². The van der Waals surface area contributed by atoms with E-state index in [1.807, 2.05) is 24.3 Å². The lowest BCUT2D eigenvalue weighted by Gasteiger charge is -2.08. The van der Waals surface area contributed by atoms with Crippen LogP contribution >= 0.6 is 23.2 Å². The van der Waals surface area contributed by atoms with Crippen LogP contribution in [0.3, 0.4) is 0 Å².